The van der Waals surface area contributed by atoms with E-state index in [1.807, 2.05) is 31.2 Å². The van der Waals surface area contributed by atoms with Crippen LogP contribution in [0.3, 0.4) is 0 Å². The van der Waals surface area contributed by atoms with Crippen LogP contribution in [0.5, 0.6) is 0 Å². The summed E-state index contributed by atoms with van der Waals surface area (Å²) in [5, 5.41) is 12.0. The minimum atomic E-state index is -0.907. The van der Waals surface area contributed by atoms with Crippen LogP contribution >= 0.6 is 0 Å². The molecule has 1 saturated heterocycles. The number of urea groups is 1. The second-order valence-corrected chi connectivity index (χ2v) is 6.26. The van der Waals surface area contributed by atoms with E-state index in [0.717, 1.165) is 11.1 Å². The van der Waals surface area contributed by atoms with E-state index in [-0.39, 0.29) is 30.9 Å². The van der Waals surface area contributed by atoms with Crippen LogP contribution in [0.15, 0.2) is 24.3 Å². The van der Waals surface area contributed by atoms with Crippen LogP contribution in [-0.4, -0.2) is 66.5 Å². The van der Waals surface area contributed by atoms with Crippen molar-refractivity contribution in [1.82, 2.24) is 15.1 Å². The Hall–Kier alpha value is -2.57. The number of rotatable bonds is 4. The quantitative estimate of drug-likeness (QED) is 0.856. The molecule has 0 radical (unpaired) electrons. The molecule has 1 aromatic carbocycles. The predicted molar refractivity (Wildman–Crippen MR) is 88.7 cm³/mol. The second kappa shape index (κ2) is 7.33. The molecule has 2 atom stereocenters. The SMILES string of the molecule is Cc1ccccc1[C@@H]1CN(C(=O)CNC(=O)N(C)C)C[C@H]1C(=O)O. The van der Waals surface area contributed by atoms with Crippen molar-refractivity contribution in [2.75, 3.05) is 33.7 Å². The van der Waals surface area contributed by atoms with E-state index >= 15 is 0 Å². The Morgan fingerprint density at radius 2 is 1.92 bits per heavy atom. The molecule has 0 spiro atoms. The van der Waals surface area contributed by atoms with Crippen molar-refractivity contribution in [1.29, 1.82) is 0 Å². The molecular formula is C17H23N3O4. The number of benzene rings is 1. The van der Waals surface area contributed by atoms with E-state index in [2.05, 4.69) is 5.32 Å². The average Bonchev–Trinajstić information content (AvgIpc) is 2.98. The van der Waals surface area contributed by atoms with Crippen LogP contribution in [0.1, 0.15) is 17.0 Å². The molecule has 0 bridgehead atoms. The number of aryl methyl sites for hydroxylation is 1. The number of nitrogens with one attached hydrogen (secondary N) is 1. The van der Waals surface area contributed by atoms with Crippen LogP contribution < -0.4 is 5.32 Å². The van der Waals surface area contributed by atoms with Crippen LogP contribution in [0, 0.1) is 12.8 Å². The third kappa shape index (κ3) is 3.84. The standard InChI is InChI=1S/C17H23N3O4/c1-11-6-4-5-7-12(11)13-9-20(10-14(13)16(22)23)15(21)8-18-17(24)19(2)3/h4-7,13-14H,8-10H2,1-3H3,(H,18,24)(H,22,23)/t13-,14+/m0/s1. The maximum absolute atomic E-state index is 12.3. The number of carbonyl (C=O) groups excluding carboxylic acids is 2. The van der Waals surface area contributed by atoms with Gasteiger partial charge in [0, 0.05) is 33.1 Å². The summed E-state index contributed by atoms with van der Waals surface area (Å²) in [5.41, 5.74) is 1.97. The molecule has 0 aromatic heterocycles. The lowest BCUT2D eigenvalue weighted by molar-refractivity contribution is -0.141. The van der Waals surface area contributed by atoms with Crippen LogP contribution in [0.4, 0.5) is 4.79 Å². The zero-order valence-electron chi connectivity index (χ0n) is 14.2. The first-order valence-corrected chi connectivity index (χ1v) is 7.82. The lowest BCUT2D eigenvalue weighted by Crippen LogP contribution is -2.42. The van der Waals surface area contributed by atoms with Crippen molar-refractivity contribution in [2.24, 2.45) is 5.92 Å². The van der Waals surface area contributed by atoms with Crippen molar-refractivity contribution in [3.8, 4) is 0 Å². The van der Waals surface area contributed by atoms with Gasteiger partial charge in [-0.1, -0.05) is 24.3 Å². The van der Waals surface area contributed by atoms with Gasteiger partial charge in [-0.2, -0.15) is 0 Å². The molecule has 24 heavy (non-hydrogen) atoms. The van der Waals surface area contributed by atoms with Gasteiger partial charge in [0.15, 0.2) is 0 Å². The number of carbonyl (C=O) groups is 3. The highest BCUT2D eigenvalue weighted by Gasteiger charge is 2.40. The highest BCUT2D eigenvalue weighted by Crippen LogP contribution is 2.34. The van der Waals surface area contributed by atoms with Gasteiger partial charge in [0.05, 0.1) is 12.5 Å². The highest BCUT2D eigenvalue weighted by molar-refractivity contribution is 5.85. The molecule has 1 aliphatic rings. The minimum absolute atomic E-state index is 0.135. The molecule has 1 aliphatic heterocycles. The number of nitrogens with zero attached hydrogens (tertiary/aromatic N) is 2. The normalized spacial score (nSPS) is 19.9. The largest absolute Gasteiger partial charge is 0.481 e. The Morgan fingerprint density at radius 1 is 1.25 bits per heavy atom. The zero-order valence-corrected chi connectivity index (χ0v) is 14.2. The first-order chi connectivity index (χ1) is 11.3. The van der Waals surface area contributed by atoms with E-state index in [9.17, 15) is 19.5 Å². The minimum Gasteiger partial charge on any atom is -0.481 e. The summed E-state index contributed by atoms with van der Waals surface area (Å²) in [7, 11) is 3.18. The summed E-state index contributed by atoms with van der Waals surface area (Å²) in [6.45, 7) is 2.31. The predicted octanol–water partition coefficient (Wildman–Crippen LogP) is 0.893. The number of hydrogen-bond donors (Lipinski definition) is 2. The van der Waals surface area contributed by atoms with E-state index in [4.69, 9.17) is 0 Å². The summed E-state index contributed by atoms with van der Waals surface area (Å²) in [6, 6.07) is 7.29. The summed E-state index contributed by atoms with van der Waals surface area (Å²) in [6.07, 6.45) is 0. The molecule has 1 fully saturated rings. The van der Waals surface area contributed by atoms with Crippen molar-refractivity contribution in [3.05, 3.63) is 35.4 Å². The summed E-state index contributed by atoms with van der Waals surface area (Å²) < 4.78 is 0. The lowest BCUT2D eigenvalue weighted by atomic mass is 9.86. The average molecular weight is 333 g/mol. The first kappa shape index (κ1) is 17.8. The van der Waals surface area contributed by atoms with E-state index < -0.39 is 11.9 Å². The topological polar surface area (TPSA) is 90.0 Å². The molecule has 0 saturated carbocycles. The van der Waals surface area contributed by atoms with Crippen LogP contribution in [-0.2, 0) is 9.59 Å². The Morgan fingerprint density at radius 3 is 2.50 bits per heavy atom. The molecule has 7 heteroatoms. The van der Waals surface area contributed by atoms with Gasteiger partial charge in [0.1, 0.15) is 0 Å². The van der Waals surface area contributed by atoms with Gasteiger partial charge in [-0.15, -0.1) is 0 Å². The molecule has 1 heterocycles. The van der Waals surface area contributed by atoms with Crippen molar-refractivity contribution in [2.45, 2.75) is 12.8 Å². The fourth-order valence-corrected chi connectivity index (χ4v) is 3.00. The van der Waals surface area contributed by atoms with Crippen molar-refractivity contribution in [3.63, 3.8) is 0 Å². The van der Waals surface area contributed by atoms with Gasteiger partial charge in [0.2, 0.25) is 5.91 Å². The molecule has 0 unspecified atom stereocenters. The van der Waals surface area contributed by atoms with Gasteiger partial charge >= 0.3 is 12.0 Å². The molecule has 2 rings (SSSR count). The van der Waals surface area contributed by atoms with Gasteiger partial charge in [-0.25, -0.2) is 4.79 Å². The number of carboxylic acids is 1. The third-order valence-electron chi connectivity index (χ3n) is 4.37. The Balaban J connectivity index is 2.10. The highest BCUT2D eigenvalue weighted by atomic mass is 16.4. The van der Waals surface area contributed by atoms with E-state index in [1.165, 1.54) is 9.80 Å². The van der Waals surface area contributed by atoms with Crippen molar-refractivity contribution < 1.29 is 19.5 Å². The number of aliphatic carboxylic acids is 1. The molecule has 7 nitrogen and oxygen atoms in total. The third-order valence-corrected chi connectivity index (χ3v) is 4.37. The summed E-state index contributed by atoms with van der Waals surface area (Å²) in [4.78, 5) is 38.3. The Kier molecular flexibility index (Phi) is 5.43. The van der Waals surface area contributed by atoms with Gasteiger partial charge in [0.25, 0.3) is 0 Å². The van der Waals surface area contributed by atoms with Gasteiger partial charge < -0.3 is 20.2 Å². The summed E-state index contributed by atoms with van der Waals surface area (Å²) >= 11 is 0. The zero-order chi connectivity index (χ0) is 17.9. The number of hydrogen-bond acceptors (Lipinski definition) is 3. The molecule has 0 aliphatic carbocycles. The number of likely N-dealkylation sites (tertiary alicyclic amines) is 1. The smallest absolute Gasteiger partial charge is 0.317 e. The maximum Gasteiger partial charge on any atom is 0.317 e. The fourth-order valence-electron chi connectivity index (χ4n) is 3.00. The molecular weight excluding hydrogens is 310 g/mol. The Bertz CT molecular complexity index is 644. The molecule has 2 N–H and O–H groups in total. The van der Waals surface area contributed by atoms with Gasteiger partial charge in [-0.3, -0.25) is 9.59 Å². The summed E-state index contributed by atoms with van der Waals surface area (Å²) in [5.74, 6) is -2.06. The fraction of sp³-hybridized carbons (Fsp3) is 0.471. The van der Waals surface area contributed by atoms with Gasteiger partial charge in [-0.05, 0) is 18.1 Å². The number of carboxylic acid groups (broad SMARTS) is 1. The lowest BCUT2D eigenvalue weighted by Gasteiger charge is -2.19. The van der Waals surface area contributed by atoms with Crippen LogP contribution in [0.25, 0.3) is 0 Å². The second-order valence-electron chi connectivity index (χ2n) is 6.26. The molecule has 3 amide bonds. The Labute approximate surface area is 141 Å². The first-order valence-electron chi connectivity index (χ1n) is 7.82. The van der Waals surface area contributed by atoms with Crippen molar-refractivity contribution >= 4 is 17.9 Å². The number of amides is 3. The van der Waals surface area contributed by atoms with E-state index in [0.29, 0.717) is 6.54 Å². The maximum atomic E-state index is 12.3. The monoisotopic (exact) mass is 333 g/mol. The van der Waals surface area contributed by atoms with E-state index in [1.54, 1.807) is 14.1 Å². The molecule has 1 aromatic rings. The van der Waals surface area contributed by atoms with Crippen LogP contribution in [0.2, 0.25) is 0 Å². The molecule has 130 valence electrons.